The quantitative estimate of drug-likeness (QED) is 0.775. The maximum Gasteiger partial charge on any atom is 0.356 e. The van der Waals surface area contributed by atoms with Gasteiger partial charge in [0.25, 0.3) is 0 Å². The normalized spacial score (nSPS) is 10.9. The highest BCUT2D eigenvalue weighted by Crippen LogP contribution is 2.27. The Morgan fingerprint density at radius 3 is 2.65 bits per heavy atom. The molecule has 100 valence electrons. The lowest BCUT2D eigenvalue weighted by Crippen LogP contribution is -1.97. The molecule has 0 atom stereocenters. The van der Waals surface area contributed by atoms with E-state index in [-0.39, 0.29) is 5.69 Å². The topological polar surface area (TPSA) is 67.5 Å². The molecule has 0 aliphatic rings. The number of fused-ring (bicyclic) bond motifs is 1. The van der Waals surface area contributed by atoms with Gasteiger partial charge in [0.05, 0.1) is 0 Å². The van der Waals surface area contributed by atoms with Crippen LogP contribution in [-0.4, -0.2) is 25.4 Å². The first kappa shape index (κ1) is 12.3. The lowest BCUT2D eigenvalue weighted by molar-refractivity contribution is 0.0691. The summed E-state index contributed by atoms with van der Waals surface area (Å²) in [6, 6.07) is 7.90. The summed E-state index contributed by atoms with van der Waals surface area (Å²) in [5.41, 5.74) is 3.58. The summed E-state index contributed by atoms with van der Waals surface area (Å²) < 4.78 is 1.71. The number of hydrogen-bond donors (Lipinski definition) is 1. The number of aryl methyl sites for hydroxylation is 2. The molecular weight excluding hydrogens is 254 g/mol. The largest absolute Gasteiger partial charge is 0.476 e. The third-order valence-corrected chi connectivity index (χ3v) is 3.33. The van der Waals surface area contributed by atoms with Crippen molar-refractivity contribution in [3.05, 3.63) is 53.7 Å². The maximum absolute atomic E-state index is 11.1. The van der Waals surface area contributed by atoms with E-state index in [1.165, 1.54) is 6.20 Å². The molecule has 3 rings (SSSR count). The Hall–Kier alpha value is -2.69. The molecule has 2 aromatic heterocycles. The molecule has 20 heavy (non-hydrogen) atoms. The van der Waals surface area contributed by atoms with Gasteiger partial charge < -0.3 is 5.11 Å². The highest BCUT2D eigenvalue weighted by molar-refractivity contribution is 5.88. The van der Waals surface area contributed by atoms with Crippen molar-refractivity contribution < 1.29 is 9.90 Å². The number of nitrogens with zero attached hydrogens (tertiary/aromatic N) is 3. The number of aromatic nitrogens is 3. The Bertz CT molecular complexity index is 821. The highest BCUT2D eigenvalue weighted by Gasteiger charge is 2.15. The Kier molecular flexibility index (Phi) is 2.75. The van der Waals surface area contributed by atoms with E-state index in [0.717, 1.165) is 16.7 Å². The van der Waals surface area contributed by atoms with E-state index in [2.05, 4.69) is 9.97 Å². The summed E-state index contributed by atoms with van der Waals surface area (Å²) in [4.78, 5) is 19.6. The summed E-state index contributed by atoms with van der Waals surface area (Å²) in [7, 11) is 0. The molecule has 0 radical (unpaired) electrons. The van der Waals surface area contributed by atoms with Crippen molar-refractivity contribution in [3.8, 4) is 11.1 Å². The maximum atomic E-state index is 11.1. The second-order valence-electron chi connectivity index (χ2n) is 4.66. The minimum atomic E-state index is -1.04. The van der Waals surface area contributed by atoms with Gasteiger partial charge in [0.15, 0.2) is 5.69 Å². The van der Waals surface area contributed by atoms with Gasteiger partial charge in [0.1, 0.15) is 11.5 Å². The first-order valence-corrected chi connectivity index (χ1v) is 6.22. The third kappa shape index (κ3) is 1.84. The van der Waals surface area contributed by atoms with E-state index in [4.69, 9.17) is 5.11 Å². The number of benzene rings is 1. The Labute approximate surface area is 115 Å². The van der Waals surface area contributed by atoms with Crippen LogP contribution in [0.2, 0.25) is 0 Å². The molecule has 0 aliphatic heterocycles. The van der Waals surface area contributed by atoms with Crippen LogP contribution in [0.1, 0.15) is 21.9 Å². The number of aromatic carboxylic acids is 1. The third-order valence-electron chi connectivity index (χ3n) is 3.33. The van der Waals surface area contributed by atoms with Crippen molar-refractivity contribution in [2.75, 3.05) is 0 Å². The monoisotopic (exact) mass is 267 g/mol. The van der Waals surface area contributed by atoms with Gasteiger partial charge in [-0.3, -0.25) is 4.40 Å². The van der Waals surface area contributed by atoms with E-state index in [1.54, 1.807) is 10.6 Å². The van der Waals surface area contributed by atoms with Crippen molar-refractivity contribution in [3.63, 3.8) is 0 Å². The first-order valence-electron chi connectivity index (χ1n) is 6.22. The van der Waals surface area contributed by atoms with Gasteiger partial charge in [-0.2, -0.15) is 0 Å². The first-order chi connectivity index (χ1) is 9.58. The van der Waals surface area contributed by atoms with Crippen LogP contribution in [0, 0.1) is 13.8 Å². The molecule has 5 heteroatoms. The van der Waals surface area contributed by atoms with Gasteiger partial charge in [-0.15, -0.1) is 0 Å². The zero-order chi connectivity index (χ0) is 14.3. The van der Waals surface area contributed by atoms with Gasteiger partial charge in [-0.05, 0) is 25.0 Å². The van der Waals surface area contributed by atoms with Gasteiger partial charge in [0, 0.05) is 18.0 Å². The lowest BCUT2D eigenvalue weighted by atomic mass is 10.0. The summed E-state index contributed by atoms with van der Waals surface area (Å²) in [6.07, 6.45) is 3.24. The van der Waals surface area contributed by atoms with Crippen LogP contribution in [0.4, 0.5) is 0 Å². The number of carbonyl (C=O) groups is 1. The fourth-order valence-corrected chi connectivity index (χ4v) is 2.26. The van der Waals surface area contributed by atoms with E-state index < -0.39 is 5.97 Å². The predicted octanol–water partition coefficient (Wildman–Crippen LogP) is 2.71. The van der Waals surface area contributed by atoms with Crippen LogP contribution >= 0.6 is 0 Å². The van der Waals surface area contributed by atoms with Crippen LogP contribution < -0.4 is 0 Å². The zero-order valence-electron chi connectivity index (χ0n) is 11.2. The minimum Gasteiger partial charge on any atom is -0.476 e. The molecule has 5 nitrogen and oxygen atoms in total. The molecule has 1 N–H and O–H groups in total. The SMILES string of the molecule is Cc1ccccc1-c1cnc(C)n2cc(C(=O)O)nc12. The summed E-state index contributed by atoms with van der Waals surface area (Å²) in [5.74, 6) is -0.332. The standard InChI is InChI=1S/C15H13N3O2/c1-9-5-3-4-6-11(9)12-7-16-10(2)18-8-13(15(19)20)17-14(12)18/h3-8H,1-2H3,(H,19,20). The summed E-state index contributed by atoms with van der Waals surface area (Å²) in [5, 5.41) is 9.10. The van der Waals surface area contributed by atoms with Gasteiger partial charge >= 0.3 is 5.97 Å². The molecule has 0 bridgehead atoms. The number of hydrogen-bond acceptors (Lipinski definition) is 3. The number of carboxylic acid groups (broad SMARTS) is 1. The smallest absolute Gasteiger partial charge is 0.356 e. The molecule has 0 spiro atoms. The Morgan fingerprint density at radius 2 is 1.95 bits per heavy atom. The second-order valence-corrected chi connectivity index (χ2v) is 4.66. The average Bonchev–Trinajstić information content (AvgIpc) is 2.86. The molecule has 0 unspecified atom stereocenters. The average molecular weight is 267 g/mol. The fourth-order valence-electron chi connectivity index (χ4n) is 2.26. The van der Waals surface area contributed by atoms with Gasteiger partial charge in [0.2, 0.25) is 0 Å². The number of rotatable bonds is 2. The van der Waals surface area contributed by atoms with Crippen LogP contribution in [0.15, 0.2) is 36.7 Å². The Balaban J connectivity index is 2.35. The van der Waals surface area contributed by atoms with E-state index >= 15 is 0 Å². The van der Waals surface area contributed by atoms with Crippen molar-refractivity contribution in [1.82, 2.24) is 14.4 Å². The number of carboxylic acids is 1. The van der Waals surface area contributed by atoms with Crippen molar-refractivity contribution >= 4 is 11.6 Å². The van der Waals surface area contributed by atoms with Crippen molar-refractivity contribution in [2.45, 2.75) is 13.8 Å². The molecule has 0 fully saturated rings. The highest BCUT2D eigenvalue weighted by atomic mass is 16.4. The molecule has 3 aromatic rings. The second kappa shape index (κ2) is 4.45. The zero-order valence-corrected chi connectivity index (χ0v) is 11.2. The molecule has 0 saturated carbocycles. The molecular formula is C15H13N3O2. The molecule has 0 amide bonds. The molecule has 2 heterocycles. The minimum absolute atomic E-state index is 0.0240. The van der Waals surface area contributed by atoms with Crippen LogP contribution in [0.25, 0.3) is 16.8 Å². The Morgan fingerprint density at radius 1 is 1.20 bits per heavy atom. The predicted molar refractivity (Wildman–Crippen MR) is 74.9 cm³/mol. The van der Waals surface area contributed by atoms with Gasteiger partial charge in [-0.25, -0.2) is 14.8 Å². The van der Waals surface area contributed by atoms with E-state index in [0.29, 0.717) is 11.5 Å². The molecule has 0 aliphatic carbocycles. The summed E-state index contributed by atoms with van der Waals surface area (Å²) in [6.45, 7) is 3.83. The van der Waals surface area contributed by atoms with Crippen molar-refractivity contribution in [2.24, 2.45) is 0 Å². The lowest BCUT2D eigenvalue weighted by Gasteiger charge is -2.08. The van der Waals surface area contributed by atoms with E-state index in [9.17, 15) is 4.79 Å². The van der Waals surface area contributed by atoms with Crippen LogP contribution in [0.3, 0.4) is 0 Å². The fraction of sp³-hybridized carbons (Fsp3) is 0.133. The number of imidazole rings is 1. The van der Waals surface area contributed by atoms with Crippen LogP contribution in [0.5, 0.6) is 0 Å². The van der Waals surface area contributed by atoms with Crippen molar-refractivity contribution in [1.29, 1.82) is 0 Å². The van der Waals surface area contributed by atoms with Gasteiger partial charge in [-0.1, -0.05) is 24.3 Å². The summed E-state index contributed by atoms with van der Waals surface area (Å²) >= 11 is 0. The van der Waals surface area contributed by atoms with E-state index in [1.807, 2.05) is 38.1 Å². The molecule has 1 aromatic carbocycles. The van der Waals surface area contributed by atoms with Crippen LogP contribution in [-0.2, 0) is 0 Å². The molecule has 0 saturated heterocycles.